The molecule has 0 saturated carbocycles. The summed E-state index contributed by atoms with van der Waals surface area (Å²) in [7, 11) is -0.262. The molecule has 0 amide bonds. The minimum atomic E-state index is -0.270. The number of nitrogens with zero attached hydrogens (tertiary/aromatic N) is 1. The fraction of sp³-hybridized carbons (Fsp3) is 0.700. The van der Waals surface area contributed by atoms with Gasteiger partial charge in [-0.15, -0.1) is 11.3 Å². The van der Waals surface area contributed by atoms with Crippen LogP contribution in [0.1, 0.15) is 33.4 Å². The van der Waals surface area contributed by atoms with E-state index < -0.39 is 0 Å². The number of aromatic nitrogens is 1. The summed E-state index contributed by atoms with van der Waals surface area (Å²) in [5.74, 6) is 0. The normalized spacial score (nSPS) is 23.4. The number of aryl methyl sites for hydroxylation is 1. The van der Waals surface area contributed by atoms with Gasteiger partial charge >= 0.3 is 7.12 Å². The molecule has 1 aromatic rings. The summed E-state index contributed by atoms with van der Waals surface area (Å²) in [6, 6.07) is 0. The molecule has 1 aromatic heterocycles. The Morgan fingerprint density at radius 1 is 1.20 bits per heavy atom. The highest BCUT2D eigenvalue weighted by Gasteiger charge is 2.52. The molecule has 0 unspecified atom stereocenters. The molecule has 15 heavy (non-hydrogen) atoms. The van der Waals surface area contributed by atoms with Crippen LogP contribution in [0, 0.1) is 6.92 Å². The molecule has 3 nitrogen and oxygen atoms in total. The van der Waals surface area contributed by atoms with Gasteiger partial charge in [0.15, 0.2) is 0 Å². The standard InChI is InChI=1S/C10H16BNO2S/c1-7-8(15-6-12-7)11-13-9(2,3)10(4,5)14-11/h6H,1-5H3. The summed E-state index contributed by atoms with van der Waals surface area (Å²) < 4.78 is 13.0. The van der Waals surface area contributed by atoms with Crippen LogP contribution >= 0.6 is 11.3 Å². The smallest absolute Gasteiger partial charge is 0.399 e. The van der Waals surface area contributed by atoms with Crippen molar-refractivity contribution in [1.29, 1.82) is 0 Å². The lowest BCUT2D eigenvalue weighted by Crippen LogP contribution is -2.41. The molecule has 0 N–H and O–H groups in total. The van der Waals surface area contributed by atoms with Gasteiger partial charge in [-0.25, -0.2) is 0 Å². The van der Waals surface area contributed by atoms with Crippen molar-refractivity contribution in [3.8, 4) is 0 Å². The van der Waals surface area contributed by atoms with E-state index in [1.807, 2.05) is 12.4 Å². The highest BCUT2D eigenvalue weighted by atomic mass is 32.1. The molecule has 0 aromatic carbocycles. The third-order valence-corrected chi connectivity index (χ3v) is 4.20. The first kappa shape index (κ1) is 11.1. The zero-order valence-electron chi connectivity index (χ0n) is 9.83. The van der Waals surface area contributed by atoms with Gasteiger partial charge in [-0.3, -0.25) is 4.98 Å². The lowest BCUT2D eigenvalue weighted by molar-refractivity contribution is 0.00578. The lowest BCUT2D eigenvalue weighted by Gasteiger charge is -2.32. The quantitative estimate of drug-likeness (QED) is 0.682. The fourth-order valence-corrected chi connectivity index (χ4v) is 2.24. The van der Waals surface area contributed by atoms with Crippen molar-refractivity contribution in [2.45, 2.75) is 45.8 Å². The molecule has 0 bridgehead atoms. The maximum atomic E-state index is 5.94. The van der Waals surface area contributed by atoms with Crippen molar-refractivity contribution in [3.05, 3.63) is 11.2 Å². The van der Waals surface area contributed by atoms with E-state index in [-0.39, 0.29) is 18.3 Å². The van der Waals surface area contributed by atoms with Crippen LogP contribution < -0.4 is 4.78 Å². The zero-order chi connectivity index (χ0) is 11.3. The summed E-state index contributed by atoms with van der Waals surface area (Å²) in [5, 5.41) is 0. The largest absolute Gasteiger partial charge is 0.507 e. The van der Waals surface area contributed by atoms with Gasteiger partial charge in [0.1, 0.15) is 0 Å². The van der Waals surface area contributed by atoms with Crippen LogP contribution in [-0.2, 0) is 9.31 Å². The predicted molar refractivity (Wildman–Crippen MR) is 62.6 cm³/mol. The van der Waals surface area contributed by atoms with Gasteiger partial charge in [-0.05, 0) is 34.6 Å². The monoisotopic (exact) mass is 225 g/mol. The van der Waals surface area contributed by atoms with E-state index in [4.69, 9.17) is 9.31 Å². The van der Waals surface area contributed by atoms with Gasteiger partial charge in [-0.2, -0.15) is 0 Å². The topological polar surface area (TPSA) is 31.4 Å². The molecule has 1 fully saturated rings. The Morgan fingerprint density at radius 3 is 2.13 bits per heavy atom. The maximum absolute atomic E-state index is 5.94. The van der Waals surface area contributed by atoms with Gasteiger partial charge < -0.3 is 9.31 Å². The third kappa shape index (κ3) is 1.73. The molecule has 1 saturated heterocycles. The molecular weight excluding hydrogens is 209 g/mol. The van der Waals surface area contributed by atoms with Crippen LogP contribution in [0.5, 0.6) is 0 Å². The number of rotatable bonds is 1. The van der Waals surface area contributed by atoms with Gasteiger partial charge in [0.2, 0.25) is 0 Å². The highest BCUT2D eigenvalue weighted by molar-refractivity contribution is 7.20. The molecule has 0 aliphatic carbocycles. The average Bonchev–Trinajstić information content (AvgIpc) is 2.55. The van der Waals surface area contributed by atoms with Crippen molar-refractivity contribution >= 4 is 23.2 Å². The third-order valence-electron chi connectivity index (χ3n) is 3.25. The average molecular weight is 225 g/mol. The van der Waals surface area contributed by atoms with Crippen molar-refractivity contribution in [1.82, 2.24) is 4.98 Å². The second kappa shape index (κ2) is 3.30. The summed E-state index contributed by atoms with van der Waals surface area (Å²) in [5.41, 5.74) is 2.29. The number of thiazole rings is 1. The molecule has 0 spiro atoms. The van der Waals surface area contributed by atoms with Gasteiger partial charge in [0.25, 0.3) is 0 Å². The van der Waals surface area contributed by atoms with Gasteiger partial charge in [0.05, 0.1) is 21.5 Å². The Labute approximate surface area is 95.0 Å². The van der Waals surface area contributed by atoms with Crippen LogP contribution in [0.25, 0.3) is 0 Å². The maximum Gasteiger partial charge on any atom is 0.507 e. The molecule has 0 radical (unpaired) electrons. The SMILES string of the molecule is Cc1ncsc1B1OC(C)(C)C(C)(C)O1. The van der Waals surface area contributed by atoms with Crippen molar-refractivity contribution in [3.63, 3.8) is 0 Å². The Kier molecular flexibility index (Phi) is 2.45. The first-order chi connectivity index (χ1) is 6.83. The Hall–Kier alpha value is -0.385. The van der Waals surface area contributed by atoms with Crippen LogP contribution in [0.2, 0.25) is 0 Å². The summed E-state index contributed by atoms with van der Waals surface area (Å²) >= 11 is 1.59. The second-order valence-corrected chi connectivity index (χ2v) is 5.78. The minimum Gasteiger partial charge on any atom is -0.399 e. The van der Waals surface area contributed by atoms with E-state index in [2.05, 4.69) is 32.7 Å². The first-order valence-corrected chi connectivity index (χ1v) is 5.97. The van der Waals surface area contributed by atoms with Crippen molar-refractivity contribution in [2.24, 2.45) is 0 Å². The predicted octanol–water partition coefficient (Wildman–Crippen LogP) is 1.75. The van der Waals surface area contributed by atoms with Gasteiger partial charge in [-0.1, -0.05) is 0 Å². The zero-order valence-corrected chi connectivity index (χ0v) is 10.6. The molecule has 2 heterocycles. The number of hydrogen-bond acceptors (Lipinski definition) is 4. The molecule has 2 rings (SSSR count). The molecule has 1 aliphatic heterocycles. The minimum absolute atomic E-state index is 0.262. The second-order valence-electron chi connectivity index (χ2n) is 4.89. The van der Waals surface area contributed by atoms with E-state index in [1.54, 1.807) is 11.3 Å². The summed E-state index contributed by atoms with van der Waals surface area (Å²) in [4.78, 5) is 4.22. The van der Waals surface area contributed by atoms with E-state index in [9.17, 15) is 0 Å². The first-order valence-electron chi connectivity index (χ1n) is 5.09. The van der Waals surface area contributed by atoms with E-state index >= 15 is 0 Å². The summed E-state index contributed by atoms with van der Waals surface area (Å²) in [6.45, 7) is 10.2. The van der Waals surface area contributed by atoms with E-state index in [0.29, 0.717) is 0 Å². The van der Waals surface area contributed by atoms with E-state index in [1.165, 1.54) is 0 Å². The van der Waals surface area contributed by atoms with Crippen LogP contribution in [0.3, 0.4) is 0 Å². The highest BCUT2D eigenvalue weighted by Crippen LogP contribution is 2.36. The molecule has 1 aliphatic rings. The lowest BCUT2D eigenvalue weighted by atomic mass is 9.86. The van der Waals surface area contributed by atoms with E-state index in [0.717, 1.165) is 10.5 Å². The van der Waals surface area contributed by atoms with Gasteiger partial charge in [0, 0.05) is 5.69 Å². The summed E-state index contributed by atoms with van der Waals surface area (Å²) in [6.07, 6.45) is 0. The molecule has 82 valence electrons. The Morgan fingerprint density at radius 2 is 1.73 bits per heavy atom. The van der Waals surface area contributed by atoms with Crippen LogP contribution in [-0.4, -0.2) is 23.3 Å². The van der Waals surface area contributed by atoms with Crippen molar-refractivity contribution in [2.75, 3.05) is 0 Å². The van der Waals surface area contributed by atoms with Crippen molar-refractivity contribution < 1.29 is 9.31 Å². The molecule has 0 atom stereocenters. The fourth-order valence-electron chi connectivity index (χ4n) is 1.49. The Bertz CT molecular complexity index is 359. The van der Waals surface area contributed by atoms with Crippen LogP contribution in [0.4, 0.5) is 0 Å². The molecular formula is C10H16BNO2S. The van der Waals surface area contributed by atoms with Crippen LogP contribution in [0.15, 0.2) is 5.51 Å². The number of hydrogen-bond donors (Lipinski definition) is 0. The molecule has 5 heteroatoms. The Balaban J connectivity index is 2.27.